The number of fused-ring (bicyclic) bond motifs is 1. The monoisotopic (exact) mass is 329 g/mol. The molecule has 1 aliphatic rings. The molecule has 1 fully saturated rings. The number of carbonyl (C=O) groups is 1. The highest BCUT2D eigenvalue weighted by atomic mass is 16.3. The Morgan fingerprint density at radius 3 is 2.79 bits per heavy atom. The molecule has 24 heavy (non-hydrogen) atoms. The summed E-state index contributed by atoms with van der Waals surface area (Å²) in [6.45, 7) is 6.42. The van der Waals surface area contributed by atoms with Crippen molar-refractivity contribution in [3.63, 3.8) is 0 Å². The third-order valence-corrected chi connectivity index (χ3v) is 4.85. The van der Waals surface area contributed by atoms with Crippen LogP contribution in [-0.2, 0) is 6.54 Å². The molecule has 1 amide bonds. The average molecular weight is 329 g/mol. The molecule has 2 N–H and O–H groups in total. The quantitative estimate of drug-likeness (QED) is 0.799. The largest absolute Gasteiger partial charge is 0.393 e. The molecule has 2 aromatic rings. The second kappa shape index (κ2) is 7.81. The lowest BCUT2D eigenvalue weighted by molar-refractivity contribution is 0.0816. The van der Waals surface area contributed by atoms with Crippen molar-refractivity contribution in [2.24, 2.45) is 0 Å². The van der Waals surface area contributed by atoms with E-state index in [-0.39, 0.29) is 12.0 Å². The maximum absolute atomic E-state index is 12.5. The smallest absolute Gasteiger partial charge is 0.267 e. The van der Waals surface area contributed by atoms with E-state index < -0.39 is 0 Å². The maximum Gasteiger partial charge on any atom is 0.267 e. The van der Waals surface area contributed by atoms with Crippen LogP contribution in [-0.4, -0.2) is 52.8 Å². The fraction of sp³-hybridized carbons (Fsp3) is 0.526. The number of para-hydroxylation sites is 1. The maximum atomic E-state index is 12.5. The Bertz CT molecular complexity index is 687. The van der Waals surface area contributed by atoms with Gasteiger partial charge in [-0.2, -0.15) is 0 Å². The molecule has 0 spiro atoms. The van der Waals surface area contributed by atoms with Gasteiger partial charge < -0.3 is 19.9 Å². The van der Waals surface area contributed by atoms with Crippen LogP contribution in [0, 0.1) is 0 Å². The predicted octanol–water partition coefficient (Wildman–Crippen LogP) is 2.24. The van der Waals surface area contributed by atoms with Gasteiger partial charge in [-0.1, -0.05) is 18.2 Å². The molecule has 0 atom stereocenters. The molecule has 0 unspecified atom stereocenters. The van der Waals surface area contributed by atoms with E-state index in [9.17, 15) is 9.90 Å². The first-order chi connectivity index (χ1) is 11.7. The first-order valence-electron chi connectivity index (χ1n) is 8.96. The van der Waals surface area contributed by atoms with Gasteiger partial charge in [0.2, 0.25) is 0 Å². The normalized spacial score (nSPS) is 16.6. The van der Waals surface area contributed by atoms with Crippen molar-refractivity contribution in [3.05, 3.63) is 36.0 Å². The lowest BCUT2D eigenvalue weighted by Crippen LogP contribution is -2.37. The van der Waals surface area contributed by atoms with E-state index in [4.69, 9.17) is 0 Å². The van der Waals surface area contributed by atoms with E-state index in [2.05, 4.69) is 27.8 Å². The number of nitrogens with one attached hydrogen (secondary N) is 1. The molecule has 0 bridgehead atoms. The summed E-state index contributed by atoms with van der Waals surface area (Å²) >= 11 is 0. The summed E-state index contributed by atoms with van der Waals surface area (Å²) in [7, 11) is 0. The summed E-state index contributed by atoms with van der Waals surface area (Å²) in [6, 6.07) is 10.1. The Morgan fingerprint density at radius 1 is 1.29 bits per heavy atom. The molecule has 1 aromatic carbocycles. The molecule has 2 heterocycles. The number of carbonyl (C=O) groups excluding carboxylic acids is 1. The second-order valence-electron chi connectivity index (χ2n) is 6.51. The van der Waals surface area contributed by atoms with Crippen molar-refractivity contribution in [1.29, 1.82) is 0 Å². The zero-order valence-corrected chi connectivity index (χ0v) is 14.4. The number of hydrogen-bond acceptors (Lipinski definition) is 3. The van der Waals surface area contributed by atoms with Gasteiger partial charge in [-0.25, -0.2) is 0 Å². The average Bonchev–Trinajstić information content (AvgIpc) is 2.99. The highest BCUT2D eigenvalue weighted by Crippen LogP contribution is 2.19. The first kappa shape index (κ1) is 17.0. The number of aromatic nitrogens is 1. The molecule has 5 heteroatoms. The highest BCUT2D eigenvalue weighted by Gasteiger charge is 2.17. The van der Waals surface area contributed by atoms with Crippen molar-refractivity contribution in [1.82, 2.24) is 14.8 Å². The van der Waals surface area contributed by atoms with Gasteiger partial charge in [0.15, 0.2) is 0 Å². The highest BCUT2D eigenvalue weighted by molar-refractivity contribution is 5.98. The number of likely N-dealkylation sites (tertiary alicyclic amines) is 1. The number of benzene rings is 1. The van der Waals surface area contributed by atoms with E-state index in [1.54, 1.807) is 0 Å². The second-order valence-corrected chi connectivity index (χ2v) is 6.51. The van der Waals surface area contributed by atoms with Gasteiger partial charge in [-0.05, 0) is 44.9 Å². The number of hydrogen-bond donors (Lipinski definition) is 2. The molecule has 1 aliphatic heterocycles. The predicted molar refractivity (Wildman–Crippen MR) is 96.2 cm³/mol. The third-order valence-electron chi connectivity index (χ3n) is 4.85. The summed E-state index contributed by atoms with van der Waals surface area (Å²) in [5, 5.41) is 13.7. The molecular formula is C19H27N3O2. The number of piperidine rings is 1. The van der Waals surface area contributed by atoms with E-state index >= 15 is 0 Å². The Hall–Kier alpha value is -1.85. The van der Waals surface area contributed by atoms with Crippen LogP contribution in [0.3, 0.4) is 0 Å². The standard InChI is InChI=1S/C19H27N3O2/c1-2-22-17-7-4-3-6-15(17)14-18(22)19(24)20-10-5-11-21-12-8-16(23)9-13-21/h3-4,6-7,14,16,23H,2,5,8-13H2,1H3,(H,20,24). The fourth-order valence-corrected chi connectivity index (χ4v) is 3.48. The van der Waals surface area contributed by atoms with Gasteiger partial charge in [0.05, 0.1) is 6.10 Å². The topological polar surface area (TPSA) is 57.5 Å². The summed E-state index contributed by atoms with van der Waals surface area (Å²) in [5.74, 6) is 0.00196. The van der Waals surface area contributed by atoms with Crippen molar-refractivity contribution >= 4 is 16.8 Å². The van der Waals surface area contributed by atoms with E-state index in [0.29, 0.717) is 6.54 Å². The molecule has 130 valence electrons. The molecule has 1 saturated heterocycles. The van der Waals surface area contributed by atoms with Crippen LogP contribution < -0.4 is 5.32 Å². The van der Waals surface area contributed by atoms with Crippen LogP contribution >= 0.6 is 0 Å². The zero-order valence-electron chi connectivity index (χ0n) is 14.4. The van der Waals surface area contributed by atoms with Crippen LogP contribution in [0.15, 0.2) is 30.3 Å². The van der Waals surface area contributed by atoms with Crippen molar-refractivity contribution in [2.45, 2.75) is 38.8 Å². The van der Waals surface area contributed by atoms with E-state index in [1.165, 1.54) is 0 Å². The molecular weight excluding hydrogens is 302 g/mol. The van der Waals surface area contributed by atoms with Gasteiger partial charge >= 0.3 is 0 Å². The Morgan fingerprint density at radius 2 is 2.04 bits per heavy atom. The van der Waals surface area contributed by atoms with Crippen LogP contribution in [0.1, 0.15) is 36.7 Å². The zero-order chi connectivity index (χ0) is 16.9. The summed E-state index contributed by atoms with van der Waals surface area (Å²) in [4.78, 5) is 14.9. The molecule has 3 rings (SSSR count). The van der Waals surface area contributed by atoms with E-state index in [1.807, 2.05) is 24.3 Å². The lowest BCUT2D eigenvalue weighted by Gasteiger charge is -2.29. The molecule has 0 radical (unpaired) electrons. The number of amides is 1. The number of aliphatic hydroxyl groups is 1. The Balaban J connectivity index is 1.52. The number of aryl methyl sites for hydroxylation is 1. The van der Waals surface area contributed by atoms with E-state index in [0.717, 1.165) is 62.0 Å². The summed E-state index contributed by atoms with van der Waals surface area (Å²) in [5.41, 5.74) is 1.84. The minimum atomic E-state index is -0.128. The van der Waals surface area contributed by atoms with Gasteiger partial charge in [-0.15, -0.1) is 0 Å². The van der Waals surface area contributed by atoms with Gasteiger partial charge in [0.25, 0.3) is 5.91 Å². The number of aliphatic hydroxyl groups excluding tert-OH is 1. The number of rotatable bonds is 6. The van der Waals surface area contributed by atoms with Crippen LogP contribution in [0.4, 0.5) is 0 Å². The van der Waals surface area contributed by atoms with Crippen LogP contribution in [0.5, 0.6) is 0 Å². The lowest BCUT2D eigenvalue weighted by atomic mass is 10.1. The molecule has 0 saturated carbocycles. The van der Waals surface area contributed by atoms with Gasteiger partial charge in [0.1, 0.15) is 5.69 Å². The van der Waals surface area contributed by atoms with Crippen LogP contribution in [0.25, 0.3) is 10.9 Å². The molecule has 5 nitrogen and oxygen atoms in total. The SMILES string of the molecule is CCn1c(C(=O)NCCCN2CCC(O)CC2)cc2ccccc21. The van der Waals surface area contributed by atoms with Crippen LogP contribution in [0.2, 0.25) is 0 Å². The number of nitrogens with zero attached hydrogens (tertiary/aromatic N) is 2. The Labute approximate surface area is 143 Å². The Kier molecular flexibility index (Phi) is 5.53. The van der Waals surface area contributed by atoms with Crippen molar-refractivity contribution in [2.75, 3.05) is 26.2 Å². The fourth-order valence-electron chi connectivity index (χ4n) is 3.48. The molecule has 0 aliphatic carbocycles. The van der Waals surface area contributed by atoms with Crippen molar-refractivity contribution in [3.8, 4) is 0 Å². The van der Waals surface area contributed by atoms with Crippen molar-refractivity contribution < 1.29 is 9.90 Å². The first-order valence-corrected chi connectivity index (χ1v) is 8.96. The van der Waals surface area contributed by atoms with Gasteiger partial charge in [0, 0.05) is 37.1 Å². The molecule has 1 aromatic heterocycles. The third kappa shape index (κ3) is 3.79. The van der Waals surface area contributed by atoms with Gasteiger partial charge in [-0.3, -0.25) is 4.79 Å². The minimum Gasteiger partial charge on any atom is -0.393 e. The summed E-state index contributed by atoms with van der Waals surface area (Å²) in [6.07, 6.45) is 2.54. The minimum absolute atomic E-state index is 0.00196. The summed E-state index contributed by atoms with van der Waals surface area (Å²) < 4.78 is 2.07.